The highest BCUT2D eigenvalue weighted by molar-refractivity contribution is 6.00. The molecule has 1 fully saturated rings. The molecule has 3 N–H and O–H groups in total. The lowest BCUT2D eigenvalue weighted by Gasteiger charge is -2.27. The molecular weight excluding hydrogens is 522 g/mol. The van der Waals surface area contributed by atoms with Gasteiger partial charge in [0.25, 0.3) is 11.6 Å². The van der Waals surface area contributed by atoms with Crippen molar-refractivity contribution in [3.63, 3.8) is 0 Å². The second-order valence-corrected chi connectivity index (χ2v) is 10.2. The molecule has 13 heteroatoms. The molecule has 0 bridgehead atoms. The number of carbonyl (C=O) groups excluding carboxylic acids is 3. The topological polar surface area (TPSA) is 161 Å². The van der Waals surface area contributed by atoms with E-state index in [0.717, 1.165) is 5.56 Å². The maximum Gasteiger partial charge on any atom is 0.411 e. The minimum atomic E-state index is -0.794. The largest absolute Gasteiger partial charge is 0.493 e. The molecule has 1 aliphatic heterocycles. The predicted octanol–water partition coefficient (Wildman–Crippen LogP) is 3.08. The van der Waals surface area contributed by atoms with Gasteiger partial charge >= 0.3 is 6.09 Å². The van der Waals surface area contributed by atoms with Gasteiger partial charge in [0.1, 0.15) is 11.6 Å². The lowest BCUT2D eigenvalue weighted by atomic mass is 10.1. The number of amides is 3. The fourth-order valence-electron chi connectivity index (χ4n) is 4.33. The van der Waals surface area contributed by atoms with Crippen LogP contribution < -0.4 is 25.4 Å². The Bertz CT molecular complexity index is 1280. The van der Waals surface area contributed by atoms with Gasteiger partial charge in [-0.15, -0.1) is 0 Å². The number of anilines is 1. The second kappa shape index (κ2) is 12.5. The van der Waals surface area contributed by atoms with Crippen LogP contribution in [0.5, 0.6) is 11.5 Å². The molecule has 13 nitrogen and oxygen atoms in total. The summed E-state index contributed by atoms with van der Waals surface area (Å²) in [5, 5.41) is 20.0. The molecule has 0 unspecified atom stereocenters. The van der Waals surface area contributed by atoms with Gasteiger partial charge in [-0.2, -0.15) is 0 Å². The molecule has 2 atom stereocenters. The molecule has 0 saturated carbocycles. The van der Waals surface area contributed by atoms with Crippen LogP contribution in [0.3, 0.4) is 0 Å². The summed E-state index contributed by atoms with van der Waals surface area (Å²) in [7, 11) is 4.50. The van der Waals surface area contributed by atoms with Crippen LogP contribution in [0.4, 0.5) is 16.2 Å². The number of benzene rings is 2. The zero-order chi connectivity index (χ0) is 29.6. The molecule has 2 aromatic rings. The third kappa shape index (κ3) is 7.30. The van der Waals surface area contributed by atoms with Crippen molar-refractivity contribution in [3.8, 4) is 11.5 Å². The maximum atomic E-state index is 13.2. The Labute approximate surface area is 232 Å². The third-order valence-electron chi connectivity index (χ3n) is 6.20. The number of likely N-dealkylation sites (tertiary alicyclic amines) is 1. The number of carbonyl (C=O) groups is 3. The van der Waals surface area contributed by atoms with Crippen molar-refractivity contribution in [1.82, 2.24) is 15.5 Å². The summed E-state index contributed by atoms with van der Waals surface area (Å²) in [5.74, 6) is 0.126. The standard InChI is InChI=1S/C27H35N5O8/c1-27(2,3)40-26(35)31-15-17(12-21(31)25(34)28-4)30-20-9-8-18(32(36)37)13-19(20)24(33)29-14-16-7-10-22(38-5)23(11-16)39-6/h7-11,13,17,21,30H,12,14-15H2,1-6H3,(H,28,34)(H,29,33)/t17-,21-/m0/s1. The molecule has 1 saturated heterocycles. The van der Waals surface area contributed by atoms with Gasteiger partial charge in [0.2, 0.25) is 5.91 Å². The van der Waals surface area contributed by atoms with Crippen LogP contribution in [-0.4, -0.2) is 73.2 Å². The molecule has 3 rings (SSSR count). The fourth-order valence-corrected chi connectivity index (χ4v) is 4.33. The number of methoxy groups -OCH3 is 2. The number of nitro groups is 1. The van der Waals surface area contributed by atoms with E-state index in [2.05, 4.69) is 16.0 Å². The minimum absolute atomic E-state index is 0.0434. The Kier molecular flexibility index (Phi) is 9.40. The number of nitro benzene ring substituents is 1. The highest BCUT2D eigenvalue weighted by atomic mass is 16.6. The maximum absolute atomic E-state index is 13.2. The fraction of sp³-hybridized carbons (Fsp3) is 0.444. The minimum Gasteiger partial charge on any atom is -0.493 e. The first kappa shape index (κ1) is 30.0. The summed E-state index contributed by atoms with van der Waals surface area (Å²) in [6.07, 6.45) is -0.398. The van der Waals surface area contributed by atoms with E-state index in [-0.39, 0.29) is 36.7 Å². The van der Waals surface area contributed by atoms with Gasteiger partial charge in [0.05, 0.1) is 24.7 Å². The van der Waals surface area contributed by atoms with Crippen molar-refractivity contribution in [2.45, 2.75) is 51.4 Å². The summed E-state index contributed by atoms with van der Waals surface area (Å²) in [6, 6.07) is 7.86. The van der Waals surface area contributed by atoms with Crippen LogP contribution >= 0.6 is 0 Å². The Balaban J connectivity index is 1.83. The van der Waals surface area contributed by atoms with Crippen LogP contribution in [0.2, 0.25) is 0 Å². The normalized spacial score (nSPS) is 16.6. The van der Waals surface area contributed by atoms with Crippen molar-refractivity contribution in [2.24, 2.45) is 0 Å². The van der Waals surface area contributed by atoms with Crippen molar-refractivity contribution in [2.75, 3.05) is 33.1 Å². The zero-order valence-electron chi connectivity index (χ0n) is 23.4. The van der Waals surface area contributed by atoms with E-state index in [9.17, 15) is 24.5 Å². The molecule has 3 amide bonds. The number of rotatable bonds is 9. The van der Waals surface area contributed by atoms with E-state index in [1.807, 2.05) is 0 Å². The van der Waals surface area contributed by atoms with Crippen LogP contribution in [-0.2, 0) is 16.1 Å². The first-order valence-electron chi connectivity index (χ1n) is 12.6. The first-order valence-corrected chi connectivity index (χ1v) is 12.6. The Morgan fingerprint density at radius 1 is 1.07 bits per heavy atom. The lowest BCUT2D eigenvalue weighted by Crippen LogP contribution is -2.46. The van der Waals surface area contributed by atoms with Gasteiger partial charge in [-0.25, -0.2) is 4.79 Å². The lowest BCUT2D eigenvalue weighted by molar-refractivity contribution is -0.384. The van der Waals surface area contributed by atoms with Crippen LogP contribution in [0.15, 0.2) is 36.4 Å². The van der Waals surface area contributed by atoms with Gasteiger partial charge in [0, 0.05) is 44.0 Å². The number of non-ortho nitro benzene ring substituents is 1. The average molecular weight is 558 g/mol. The molecular formula is C27H35N5O8. The third-order valence-corrected chi connectivity index (χ3v) is 6.20. The quantitative estimate of drug-likeness (QED) is 0.311. The van der Waals surface area contributed by atoms with Crippen molar-refractivity contribution < 1.29 is 33.5 Å². The van der Waals surface area contributed by atoms with Crippen molar-refractivity contribution in [3.05, 3.63) is 57.6 Å². The van der Waals surface area contributed by atoms with Crippen LogP contribution in [0, 0.1) is 10.1 Å². The van der Waals surface area contributed by atoms with E-state index in [1.165, 1.54) is 44.4 Å². The van der Waals surface area contributed by atoms with Crippen LogP contribution in [0.25, 0.3) is 0 Å². The van der Waals surface area contributed by atoms with E-state index in [1.54, 1.807) is 39.0 Å². The molecule has 1 heterocycles. The van der Waals surface area contributed by atoms with Crippen molar-refractivity contribution in [1.29, 1.82) is 0 Å². The Morgan fingerprint density at radius 3 is 2.38 bits per heavy atom. The second-order valence-electron chi connectivity index (χ2n) is 10.2. The molecule has 216 valence electrons. The van der Waals surface area contributed by atoms with Crippen LogP contribution in [0.1, 0.15) is 43.1 Å². The number of likely N-dealkylation sites (N-methyl/N-ethyl adjacent to an activating group) is 1. The van der Waals surface area contributed by atoms with Gasteiger partial charge in [-0.3, -0.25) is 24.6 Å². The van der Waals surface area contributed by atoms with Crippen molar-refractivity contribution >= 4 is 29.3 Å². The summed E-state index contributed by atoms with van der Waals surface area (Å²) in [5.41, 5.74) is 0.0758. The van der Waals surface area contributed by atoms with Gasteiger partial charge in [-0.05, 0) is 51.0 Å². The molecule has 0 radical (unpaired) electrons. The Hall–Kier alpha value is -4.55. The Morgan fingerprint density at radius 2 is 1.77 bits per heavy atom. The van der Waals surface area contributed by atoms with E-state index in [0.29, 0.717) is 17.2 Å². The number of ether oxygens (including phenoxy) is 3. The smallest absolute Gasteiger partial charge is 0.411 e. The van der Waals surface area contributed by atoms with E-state index in [4.69, 9.17) is 14.2 Å². The highest BCUT2D eigenvalue weighted by Crippen LogP contribution is 2.29. The monoisotopic (exact) mass is 557 g/mol. The molecule has 2 aromatic carbocycles. The molecule has 40 heavy (non-hydrogen) atoms. The molecule has 0 spiro atoms. The summed E-state index contributed by atoms with van der Waals surface area (Å²) in [4.78, 5) is 50.8. The number of nitrogens with one attached hydrogen (secondary N) is 3. The number of hydrogen-bond donors (Lipinski definition) is 3. The predicted molar refractivity (Wildman–Crippen MR) is 147 cm³/mol. The number of hydrogen-bond acceptors (Lipinski definition) is 9. The molecule has 0 aromatic heterocycles. The highest BCUT2D eigenvalue weighted by Gasteiger charge is 2.41. The molecule has 1 aliphatic rings. The molecule has 0 aliphatic carbocycles. The van der Waals surface area contributed by atoms with E-state index < -0.39 is 34.6 Å². The van der Waals surface area contributed by atoms with Gasteiger partial charge in [0.15, 0.2) is 11.5 Å². The average Bonchev–Trinajstić information content (AvgIpc) is 3.34. The van der Waals surface area contributed by atoms with Gasteiger partial charge in [-0.1, -0.05) is 6.07 Å². The van der Waals surface area contributed by atoms with Gasteiger partial charge < -0.3 is 30.2 Å². The number of nitrogens with zero attached hydrogens (tertiary/aromatic N) is 2. The summed E-state index contributed by atoms with van der Waals surface area (Å²) >= 11 is 0. The van der Waals surface area contributed by atoms with E-state index >= 15 is 0 Å². The summed E-state index contributed by atoms with van der Waals surface area (Å²) in [6.45, 7) is 5.44. The summed E-state index contributed by atoms with van der Waals surface area (Å²) < 4.78 is 16.0. The zero-order valence-corrected chi connectivity index (χ0v) is 23.4. The SMILES string of the molecule is CNC(=O)[C@@H]1C[C@H](Nc2ccc([N+](=O)[O-])cc2C(=O)NCc2ccc(OC)c(OC)c2)CN1C(=O)OC(C)(C)C. The first-order chi connectivity index (χ1) is 18.9.